The van der Waals surface area contributed by atoms with Gasteiger partial charge in [-0.15, -0.1) is 0 Å². The van der Waals surface area contributed by atoms with Gasteiger partial charge in [0.05, 0.1) is 21.6 Å². The zero-order valence-corrected chi connectivity index (χ0v) is 24.3. The lowest BCUT2D eigenvalue weighted by molar-refractivity contribution is 0.0697. The summed E-state index contributed by atoms with van der Waals surface area (Å²) in [6.07, 6.45) is 8.84. The quantitative estimate of drug-likeness (QED) is 0.177. The third kappa shape index (κ3) is 6.26. The van der Waals surface area contributed by atoms with Crippen molar-refractivity contribution in [2.24, 2.45) is 5.92 Å². The van der Waals surface area contributed by atoms with Gasteiger partial charge in [-0.25, -0.2) is 14.2 Å². The molecule has 1 amide bonds. The van der Waals surface area contributed by atoms with Crippen LogP contribution in [-0.4, -0.2) is 33.0 Å². The maximum atomic E-state index is 14.1. The van der Waals surface area contributed by atoms with Crippen LogP contribution in [-0.2, 0) is 0 Å². The number of imidazole rings is 1. The van der Waals surface area contributed by atoms with Gasteiger partial charge >= 0.3 is 5.97 Å². The molecule has 1 aromatic heterocycles. The smallest absolute Gasteiger partial charge is 0.336 e. The van der Waals surface area contributed by atoms with Crippen molar-refractivity contribution in [2.75, 3.05) is 0 Å². The summed E-state index contributed by atoms with van der Waals surface area (Å²) in [6.45, 7) is 2.11. The Kier molecular flexibility index (Phi) is 8.95. The van der Waals surface area contributed by atoms with Crippen molar-refractivity contribution in [2.45, 2.75) is 64.3 Å². The van der Waals surface area contributed by atoms with Crippen LogP contribution in [0, 0.1) is 11.7 Å². The number of rotatable bonds is 8. The minimum absolute atomic E-state index is 0.0517. The number of fused-ring (bicyclic) bond motifs is 1. The second-order valence-corrected chi connectivity index (χ2v) is 11.5. The molecule has 6 nitrogen and oxygen atoms in total. The number of nitrogens with zero attached hydrogens (tertiary/aromatic N) is 1. The number of amides is 1. The lowest BCUT2D eigenvalue weighted by Gasteiger charge is -2.27. The molecule has 1 atom stereocenters. The van der Waals surface area contributed by atoms with E-state index in [4.69, 9.17) is 23.2 Å². The zero-order chi connectivity index (χ0) is 29.1. The Morgan fingerprint density at radius 1 is 1.05 bits per heavy atom. The summed E-state index contributed by atoms with van der Waals surface area (Å²) in [4.78, 5) is 33.5. The fourth-order valence-electron chi connectivity index (χ4n) is 5.91. The Bertz CT molecular complexity index is 1560. The van der Waals surface area contributed by atoms with Crippen molar-refractivity contribution < 1.29 is 19.1 Å². The van der Waals surface area contributed by atoms with Gasteiger partial charge in [-0.2, -0.15) is 0 Å². The third-order valence-corrected chi connectivity index (χ3v) is 8.56. The molecule has 3 aromatic carbocycles. The van der Waals surface area contributed by atoms with Crippen LogP contribution < -0.4 is 5.32 Å². The van der Waals surface area contributed by atoms with E-state index in [9.17, 15) is 19.1 Å². The van der Waals surface area contributed by atoms with Crippen LogP contribution in [0.1, 0.15) is 79.0 Å². The standard InChI is InChI=1S/C32H32Cl2FN3O3/c1-2-8-26(18-9-5-3-4-6-10-18)38-31(39)19-13-14-20(22(15-19)32(40)41)29-21(11-7-12-23(29)33)30-36-27-16-24(34)25(35)17-28(27)37-30/h7,11-18,26H,2-6,8-10H2,1H3,(H,36,37)(H,38,39)(H,40,41)/t26-/m0/s1. The lowest BCUT2D eigenvalue weighted by atomic mass is 9.88. The van der Waals surface area contributed by atoms with Gasteiger partial charge in [-0.3, -0.25) is 4.79 Å². The predicted molar refractivity (Wildman–Crippen MR) is 161 cm³/mol. The van der Waals surface area contributed by atoms with Crippen LogP contribution in [0.3, 0.4) is 0 Å². The highest BCUT2D eigenvalue weighted by Crippen LogP contribution is 2.39. The Morgan fingerprint density at radius 3 is 2.51 bits per heavy atom. The average molecular weight is 597 g/mol. The van der Waals surface area contributed by atoms with Crippen molar-refractivity contribution in [1.29, 1.82) is 0 Å². The maximum absolute atomic E-state index is 14.1. The highest BCUT2D eigenvalue weighted by Gasteiger charge is 2.26. The van der Waals surface area contributed by atoms with Crippen LogP contribution in [0.25, 0.3) is 33.5 Å². The molecule has 4 aromatic rings. The minimum atomic E-state index is -1.19. The number of benzene rings is 3. The number of carboxylic acids is 1. The second-order valence-electron chi connectivity index (χ2n) is 10.7. The molecule has 0 saturated heterocycles. The molecule has 0 bridgehead atoms. The number of carbonyl (C=O) groups is 2. The van der Waals surface area contributed by atoms with E-state index < -0.39 is 11.8 Å². The normalized spacial score (nSPS) is 15.0. The first-order valence-electron chi connectivity index (χ1n) is 14.1. The third-order valence-electron chi connectivity index (χ3n) is 7.96. The van der Waals surface area contributed by atoms with Crippen molar-refractivity contribution in [3.63, 3.8) is 0 Å². The number of carboxylic acid groups (broad SMARTS) is 1. The number of carbonyl (C=O) groups excluding carboxylic acids is 1. The number of aromatic nitrogens is 2. The van der Waals surface area contributed by atoms with Crippen LogP contribution in [0.4, 0.5) is 4.39 Å². The maximum Gasteiger partial charge on any atom is 0.336 e. The van der Waals surface area contributed by atoms with Gasteiger partial charge in [-0.05, 0) is 55.0 Å². The van der Waals surface area contributed by atoms with Crippen LogP contribution >= 0.6 is 23.2 Å². The van der Waals surface area contributed by atoms with Gasteiger partial charge in [0.15, 0.2) is 0 Å². The van der Waals surface area contributed by atoms with E-state index in [1.54, 1.807) is 30.3 Å². The van der Waals surface area contributed by atoms with E-state index in [2.05, 4.69) is 22.2 Å². The number of aromatic carboxylic acids is 1. The molecule has 5 rings (SSSR count). The summed E-state index contributed by atoms with van der Waals surface area (Å²) in [5.41, 5.74) is 2.43. The summed E-state index contributed by atoms with van der Waals surface area (Å²) < 4.78 is 14.1. The average Bonchev–Trinajstić information content (AvgIpc) is 3.15. The Balaban J connectivity index is 1.52. The summed E-state index contributed by atoms with van der Waals surface area (Å²) >= 11 is 12.6. The molecule has 214 valence electrons. The van der Waals surface area contributed by atoms with E-state index >= 15 is 0 Å². The number of H-pyrrole nitrogens is 1. The minimum Gasteiger partial charge on any atom is -0.478 e. The van der Waals surface area contributed by atoms with Crippen molar-refractivity contribution in [3.8, 4) is 22.5 Å². The first-order valence-corrected chi connectivity index (χ1v) is 14.8. The van der Waals surface area contributed by atoms with Crippen molar-refractivity contribution >= 4 is 46.1 Å². The van der Waals surface area contributed by atoms with Crippen LogP contribution in [0.15, 0.2) is 48.5 Å². The number of halogens is 3. The first kappa shape index (κ1) is 29.1. The highest BCUT2D eigenvalue weighted by molar-refractivity contribution is 6.34. The summed E-state index contributed by atoms with van der Waals surface area (Å²) in [5.74, 6) is -1.24. The van der Waals surface area contributed by atoms with E-state index in [0.717, 1.165) is 25.7 Å². The summed E-state index contributed by atoms with van der Waals surface area (Å²) in [6, 6.07) is 12.5. The molecule has 1 aliphatic rings. The molecule has 3 N–H and O–H groups in total. The van der Waals surface area contributed by atoms with Gasteiger partial charge in [-0.1, -0.05) is 80.4 Å². The number of hydrogen-bond acceptors (Lipinski definition) is 3. The molecule has 0 radical (unpaired) electrons. The van der Waals surface area contributed by atoms with Gasteiger partial charge in [0.2, 0.25) is 0 Å². The predicted octanol–water partition coefficient (Wildman–Crippen LogP) is 8.91. The summed E-state index contributed by atoms with van der Waals surface area (Å²) in [5, 5.41) is 13.7. The lowest BCUT2D eigenvalue weighted by Crippen LogP contribution is -2.40. The molecule has 0 spiro atoms. The molecule has 41 heavy (non-hydrogen) atoms. The molecule has 1 heterocycles. The molecule has 0 aliphatic heterocycles. The first-order chi connectivity index (χ1) is 19.8. The topological polar surface area (TPSA) is 95.1 Å². The van der Waals surface area contributed by atoms with E-state index in [0.29, 0.717) is 44.5 Å². The molecule has 1 saturated carbocycles. The van der Waals surface area contributed by atoms with E-state index in [-0.39, 0.29) is 28.1 Å². The van der Waals surface area contributed by atoms with Crippen LogP contribution in [0.5, 0.6) is 0 Å². The largest absolute Gasteiger partial charge is 0.478 e. The molecule has 1 fully saturated rings. The van der Waals surface area contributed by atoms with Crippen molar-refractivity contribution in [1.82, 2.24) is 15.3 Å². The van der Waals surface area contributed by atoms with Gasteiger partial charge in [0.1, 0.15) is 11.6 Å². The molecular weight excluding hydrogens is 564 g/mol. The number of hydrogen-bond donors (Lipinski definition) is 3. The fraction of sp³-hybridized carbons (Fsp3) is 0.344. The second kappa shape index (κ2) is 12.6. The molecular formula is C32H32Cl2FN3O3. The molecule has 0 unspecified atom stereocenters. The van der Waals surface area contributed by atoms with Gasteiger partial charge < -0.3 is 15.4 Å². The van der Waals surface area contributed by atoms with Gasteiger partial charge in [0, 0.05) is 33.8 Å². The SMILES string of the molecule is CCC[C@H](NC(=O)c1ccc(-c2c(Cl)cccc2-c2nc3cc(Cl)c(F)cc3[nH]2)c(C(=O)O)c1)C1CCCCCC1. The Labute approximate surface area is 248 Å². The van der Waals surface area contributed by atoms with Crippen LogP contribution in [0.2, 0.25) is 10.0 Å². The Morgan fingerprint density at radius 2 is 1.80 bits per heavy atom. The monoisotopic (exact) mass is 595 g/mol. The zero-order valence-electron chi connectivity index (χ0n) is 22.8. The summed E-state index contributed by atoms with van der Waals surface area (Å²) in [7, 11) is 0. The highest BCUT2D eigenvalue weighted by atomic mass is 35.5. The van der Waals surface area contributed by atoms with E-state index in [1.807, 2.05) is 0 Å². The number of aromatic amines is 1. The fourth-order valence-corrected chi connectivity index (χ4v) is 6.34. The van der Waals surface area contributed by atoms with Crippen molar-refractivity contribution in [3.05, 3.63) is 75.5 Å². The molecule has 9 heteroatoms. The number of nitrogens with one attached hydrogen (secondary N) is 2. The Hall–Kier alpha value is -3.42. The van der Waals surface area contributed by atoms with E-state index in [1.165, 1.54) is 43.9 Å². The molecule has 1 aliphatic carbocycles. The van der Waals surface area contributed by atoms with Gasteiger partial charge in [0.25, 0.3) is 5.91 Å².